The zero-order valence-electron chi connectivity index (χ0n) is 14.8. The highest BCUT2D eigenvalue weighted by molar-refractivity contribution is 7.89. The molecule has 3 rings (SSSR count). The molecule has 1 amide bonds. The average molecular weight is 385 g/mol. The summed E-state index contributed by atoms with van der Waals surface area (Å²) in [5.41, 5.74) is 1.06. The zero-order valence-corrected chi connectivity index (χ0v) is 15.6. The second-order valence-corrected chi connectivity index (χ2v) is 8.03. The number of carbonyl (C=O) groups excluding carboxylic acids is 1. The molecule has 0 radical (unpaired) electrons. The minimum Gasteiger partial charge on any atom is -0.495 e. The number of benzene rings is 2. The van der Waals surface area contributed by atoms with E-state index in [0.29, 0.717) is 24.3 Å². The number of rotatable bonds is 5. The van der Waals surface area contributed by atoms with E-state index in [0.717, 1.165) is 12.8 Å². The quantitative estimate of drug-likeness (QED) is 0.853. The number of ether oxygens (including phenoxy) is 1. The second-order valence-electron chi connectivity index (χ2n) is 6.12. The molecule has 0 atom stereocenters. The Balaban J connectivity index is 1.92. The van der Waals surface area contributed by atoms with Crippen molar-refractivity contribution in [1.29, 1.82) is 5.26 Å². The van der Waals surface area contributed by atoms with Crippen molar-refractivity contribution in [3.63, 3.8) is 0 Å². The molecule has 0 aliphatic carbocycles. The maximum absolute atomic E-state index is 12.9. The first-order valence-corrected chi connectivity index (χ1v) is 9.89. The molecule has 0 bridgehead atoms. The van der Waals surface area contributed by atoms with Crippen LogP contribution in [0.2, 0.25) is 0 Å². The van der Waals surface area contributed by atoms with E-state index in [4.69, 9.17) is 10.00 Å². The molecule has 1 saturated heterocycles. The standard InChI is InChI=1S/C19H19N3O4S/c1-26-17-8-7-15(12-18(17)27(24,25)22-9-2-3-10-22)19(23)21-16-6-4-5-14(11-16)13-20/h4-8,11-12H,2-3,9-10H2,1H3,(H,21,23). The number of nitriles is 1. The van der Waals surface area contributed by atoms with E-state index in [1.54, 1.807) is 24.3 Å². The van der Waals surface area contributed by atoms with Gasteiger partial charge in [0.1, 0.15) is 10.6 Å². The van der Waals surface area contributed by atoms with Gasteiger partial charge in [0.25, 0.3) is 5.91 Å². The van der Waals surface area contributed by atoms with Crippen LogP contribution >= 0.6 is 0 Å². The molecule has 1 N–H and O–H groups in total. The van der Waals surface area contributed by atoms with E-state index in [-0.39, 0.29) is 16.2 Å². The third-order valence-electron chi connectivity index (χ3n) is 4.36. The van der Waals surface area contributed by atoms with Gasteiger partial charge in [-0.2, -0.15) is 9.57 Å². The van der Waals surface area contributed by atoms with Crippen molar-refractivity contribution in [2.45, 2.75) is 17.7 Å². The highest BCUT2D eigenvalue weighted by Crippen LogP contribution is 2.30. The van der Waals surface area contributed by atoms with Crippen LogP contribution in [0.3, 0.4) is 0 Å². The Hall–Kier alpha value is -2.89. The van der Waals surface area contributed by atoms with Crippen LogP contribution in [0, 0.1) is 11.3 Å². The molecule has 1 fully saturated rings. The van der Waals surface area contributed by atoms with Gasteiger partial charge in [-0.1, -0.05) is 6.07 Å². The Labute approximate surface area is 158 Å². The van der Waals surface area contributed by atoms with Gasteiger partial charge in [0.15, 0.2) is 0 Å². The molecule has 1 aliphatic heterocycles. The first-order valence-electron chi connectivity index (χ1n) is 8.45. The summed E-state index contributed by atoms with van der Waals surface area (Å²) >= 11 is 0. The summed E-state index contributed by atoms with van der Waals surface area (Å²) in [5.74, 6) is -0.268. The Morgan fingerprint density at radius 1 is 1.19 bits per heavy atom. The smallest absolute Gasteiger partial charge is 0.255 e. The number of methoxy groups -OCH3 is 1. The molecular formula is C19H19N3O4S. The van der Waals surface area contributed by atoms with Crippen LogP contribution < -0.4 is 10.1 Å². The molecule has 1 heterocycles. The number of nitrogens with one attached hydrogen (secondary N) is 1. The van der Waals surface area contributed by atoms with Gasteiger partial charge in [-0.3, -0.25) is 4.79 Å². The average Bonchev–Trinajstić information content (AvgIpc) is 3.23. The SMILES string of the molecule is COc1ccc(C(=O)Nc2cccc(C#N)c2)cc1S(=O)(=O)N1CCCC1. The van der Waals surface area contributed by atoms with Crippen molar-refractivity contribution in [3.8, 4) is 11.8 Å². The number of anilines is 1. The fraction of sp³-hybridized carbons (Fsp3) is 0.263. The van der Waals surface area contributed by atoms with E-state index in [2.05, 4.69) is 5.32 Å². The predicted molar refractivity (Wildman–Crippen MR) is 100 cm³/mol. The van der Waals surface area contributed by atoms with Crippen molar-refractivity contribution in [1.82, 2.24) is 4.31 Å². The molecule has 0 saturated carbocycles. The number of hydrogen-bond donors (Lipinski definition) is 1. The maximum Gasteiger partial charge on any atom is 0.255 e. The zero-order chi connectivity index (χ0) is 19.4. The Morgan fingerprint density at radius 2 is 1.93 bits per heavy atom. The van der Waals surface area contributed by atoms with Crippen molar-refractivity contribution in [2.75, 3.05) is 25.5 Å². The lowest BCUT2D eigenvalue weighted by molar-refractivity contribution is 0.102. The van der Waals surface area contributed by atoms with Gasteiger partial charge < -0.3 is 10.1 Å². The fourth-order valence-corrected chi connectivity index (χ4v) is 4.66. The minimum atomic E-state index is -3.74. The molecule has 2 aromatic carbocycles. The van der Waals surface area contributed by atoms with E-state index in [1.165, 1.54) is 29.6 Å². The molecule has 0 unspecified atom stereocenters. The van der Waals surface area contributed by atoms with Crippen molar-refractivity contribution in [3.05, 3.63) is 53.6 Å². The molecule has 27 heavy (non-hydrogen) atoms. The maximum atomic E-state index is 12.9. The summed E-state index contributed by atoms with van der Waals surface area (Å²) in [7, 11) is -2.34. The minimum absolute atomic E-state index is 0.0228. The van der Waals surface area contributed by atoms with Crippen LogP contribution in [-0.2, 0) is 10.0 Å². The molecule has 140 valence electrons. The summed E-state index contributed by atoms with van der Waals surface area (Å²) in [6.45, 7) is 0.922. The summed E-state index contributed by atoms with van der Waals surface area (Å²) in [5, 5.41) is 11.6. The Kier molecular flexibility index (Phi) is 5.44. The predicted octanol–water partition coefficient (Wildman–Crippen LogP) is 2.60. The van der Waals surface area contributed by atoms with Crippen LogP contribution in [0.4, 0.5) is 5.69 Å². The van der Waals surface area contributed by atoms with Crippen LogP contribution in [0.5, 0.6) is 5.75 Å². The Bertz CT molecular complexity index is 1010. The third kappa shape index (κ3) is 3.94. The number of amides is 1. The fourth-order valence-electron chi connectivity index (χ4n) is 2.96. The van der Waals surface area contributed by atoms with Gasteiger partial charge in [-0.05, 0) is 49.2 Å². The van der Waals surface area contributed by atoms with Crippen LogP contribution in [0.1, 0.15) is 28.8 Å². The largest absolute Gasteiger partial charge is 0.495 e. The summed E-state index contributed by atoms with van der Waals surface area (Å²) < 4.78 is 32.4. The van der Waals surface area contributed by atoms with Gasteiger partial charge in [0.05, 0.1) is 18.7 Å². The highest BCUT2D eigenvalue weighted by atomic mass is 32.2. The molecule has 2 aromatic rings. The van der Waals surface area contributed by atoms with Gasteiger partial charge in [0, 0.05) is 24.3 Å². The third-order valence-corrected chi connectivity index (χ3v) is 6.28. The number of carbonyl (C=O) groups is 1. The summed E-state index contributed by atoms with van der Waals surface area (Å²) in [4.78, 5) is 12.5. The van der Waals surface area contributed by atoms with Gasteiger partial charge in [0.2, 0.25) is 10.0 Å². The second kappa shape index (κ2) is 7.78. The lowest BCUT2D eigenvalue weighted by Crippen LogP contribution is -2.28. The number of hydrogen-bond acceptors (Lipinski definition) is 5. The van der Waals surface area contributed by atoms with E-state index >= 15 is 0 Å². The highest BCUT2D eigenvalue weighted by Gasteiger charge is 2.30. The van der Waals surface area contributed by atoms with E-state index in [1.807, 2.05) is 6.07 Å². The van der Waals surface area contributed by atoms with Gasteiger partial charge >= 0.3 is 0 Å². The molecule has 0 aromatic heterocycles. The van der Waals surface area contributed by atoms with E-state index in [9.17, 15) is 13.2 Å². The molecular weight excluding hydrogens is 366 g/mol. The Morgan fingerprint density at radius 3 is 2.59 bits per heavy atom. The van der Waals surface area contributed by atoms with Crippen LogP contribution in [0.25, 0.3) is 0 Å². The molecule has 8 heteroatoms. The van der Waals surface area contributed by atoms with Crippen LogP contribution in [0.15, 0.2) is 47.4 Å². The number of sulfonamides is 1. The first kappa shape index (κ1) is 18.9. The van der Waals surface area contributed by atoms with Gasteiger partial charge in [-0.25, -0.2) is 8.42 Å². The van der Waals surface area contributed by atoms with Crippen molar-refractivity contribution < 1.29 is 17.9 Å². The molecule has 0 spiro atoms. The first-order chi connectivity index (χ1) is 13.0. The van der Waals surface area contributed by atoms with Crippen molar-refractivity contribution in [2.24, 2.45) is 0 Å². The lowest BCUT2D eigenvalue weighted by Gasteiger charge is -2.18. The van der Waals surface area contributed by atoms with Crippen molar-refractivity contribution >= 4 is 21.6 Å². The molecule has 7 nitrogen and oxygen atoms in total. The normalized spacial score (nSPS) is 14.5. The lowest BCUT2D eigenvalue weighted by atomic mass is 10.2. The van der Waals surface area contributed by atoms with Crippen LogP contribution in [-0.4, -0.2) is 38.8 Å². The van der Waals surface area contributed by atoms with E-state index < -0.39 is 15.9 Å². The summed E-state index contributed by atoms with van der Waals surface area (Å²) in [6, 6.07) is 12.8. The topological polar surface area (TPSA) is 99.5 Å². The monoisotopic (exact) mass is 385 g/mol. The number of nitrogens with zero attached hydrogens (tertiary/aromatic N) is 2. The van der Waals surface area contributed by atoms with Gasteiger partial charge in [-0.15, -0.1) is 0 Å². The molecule has 1 aliphatic rings. The summed E-state index contributed by atoms with van der Waals surface area (Å²) in [6.07, 6.45) is 1.63.